The van der Waals surface area contributed by atoms with E-state index in [1.165, 1.54) is 23.7 Å². The fourth-order valence-electron chi connectivity index (χ4n) is 3.69. The summed E-state index contributed by atoms with van der Waals surface area (Å²) in [6.07, 6.45) is 6.33. The zero-order valence-corrected chi connectivity index (χ0v) is 22.8. The molecule has 1 N–H and O–H groups in total. The van der Waals surface area contributed by atoms with Gasteiger partial charge in [0.05, 0.1) is 17.6 Å². The molecule has 4 rings (SSSR count). The van der Waals surface area contributed by atoms with Crippen molar-refractivity contribution < 1.29 is 19.1 Å². The van der Waals surface area contributed by atoms with Gasteiger partial charge in [-0.3, -0.25) is 24.0 Å². The first-order valence-electron chi connectivity index (χ1n) is 12.0. The molecule has 4 aromatic heterocycles. The quantitative estimate of drug-likeness (QED) is 0.273. The fourth-order valence-corrected chi connectivity index (χ4v) is 4.46. The summed E-state index contributed by atoms with van der Waals surface area (Å²) in [7, 11) is 1.76. The van der Waals surface area contributed by atoms with Crippen LogP contribution >= 0.6 is 11.3 Å². The van der Waals surface area contributed by atoms with Gasteiger partial charge in [-0.2, -0.15) is 10.2 Å². The molecule has 0 spiro atoms. The van der Waals surface area contributed by atoms with Crippen LogP contribution in [0.1, 0.15) is 49.9 Å². The normalized spacial score (nSPS) is 12.4. The third kappa shape index (κ3) is 6.02. The summed E-state index contributed by atoms with van der Waals surface area (Å²) in [6.45, 7) is 8.82. The molecule has 1 atom stereocenters. The molecule has 1 amide bonds. The molecule has 198 valence electrons. The first kappa shape index (κ1) is 26.9. The van der Waals surface area contributed by atoms with Crippen molar-refractivity contribution >= 4 is 34.8 Å². The maximum atomic E-state index is 13.1. The van der Waals surface area contributed by atoms with Gasteiger partial charge in [-0.1, -0.05) is 19.9 Å². The monoisotopic (exact) mass is 535 g/mol. The van der Waals surface area contributed by atoms with E-state index in [0.29, 0.717) is 27.6 Å². The zero-order valence-electron chi connectivity index (χ0n) is 22.0. The Morgan fingerprint density at radius 1 is 1.13 bits per heavy atom. The van der Waals surface area contributed by atoms with E-state index in [0.717, 1.165) is 4.68 Å². The molecule has 0 radical (unpaired) electrons. The smallest absolute Gasteiger partial charge is 0.319 e. The second-order valence-corrected chi connectivity index (χ2v) is 10.9. The molecule has 0 saturated carbocycles. The Morgan fingerprint density at radius 2 is 1.89 bits per heavy atom. The lowest BCUT2D eigenvalue weighted by Crippen LogP contribution is -2.38. The van der Waals surface area contributed by atoms with Crippen molar-refractivity contribution in [1.29, 1.82) is 0 Å². The number of ether oxygens (including phenoxy) is 1. The van der Waals surface area contributed by atoms with Gasteiger partial charge in [-0.25, -0.2) is 9.67 Å². The van der Waals surface area contributed by atoms with Crippen molar-refractivity contribution in [3.05, 3.63) is 54.1 Å². The van der Waals surface area contributed by atoms with Crippen LogP contribution in [0.2, 0.25) is 0 Å². The number of aromatic nitrogens is 6. The SMILES string of the molecule is CC(C)[C@H](C(=O)OC(C)(C)C)C(=O)n1cc(-c2nc(C(=O)Nc3cn(C)nc3-c3ccccn3)cs2)cn1. The highest BCUT2D eigenvalue weighted by molar-refractivity contribution is 7.13. The van der Waals surface area contributed by atoms with Crippen molar-refractivity contribution in [2.45, 2.75) is 40.2 Å². The van der Waals surface area contributed by atoms with Crippen molar-refractivity contribution in [1.82, 2.24) is 29.5 Å². The van der Waals surface area contributed by atoms with E-state index in [2.05, 4.69) is 25.5 Å². The Bertz CT molecular complexity index is 1460. The number of amides is 1. The van der Waals surface area contributed by atoms with Crippen molar-refractivity contribution in [2.24, 2.45) is 18.9 Å². The predicted octanol–water partition coefficient (Wildman–Crippen LogP) is 4.31. The van der Waals surface area contributed by atoms with Crippen LogP contribution in [0.15, 0.2) is 48.4 Å². The minimum atomic E-state index is -1.01. The topological polar surface area (TPSA) is 134 Å². The van der Waals surface area contributed by atoms with Gasteiger partial charge in [0.15, 0.2) is 0 Å². The van der Waals surface area contributed by atoms with E-state index in [1.54, 1.807) is 70.2 Å². The van der Waals surface area contributed by atoms with Gasteiger partial charge in [0.25, 0.3) is 11.8 Å². The zero-order chi connectivity index (χ0) is 27.6. The molecule has 0 bridgehead atoms. The molecule has 11 nitrogen and oxygen atoms in total. The molecule has 4 aromatic rings. The van der Waals surface area contributed by atoms with Crippen LogP contribution in [-0.4, -0.2) is 52.9 Å². The molecular weight excluding hydrogens is 506 g/mol. The van der Waals surface area contributed by atoms with Gasteiger partial charge in [-0.15, -0.1) is 11.3 Å². The van der Waals surface area contributed by atoms with Crippen LogP contribution in [0.4, 0.5) is 5.69 Å². The molecule has 0 fully saturated rings. The number of rotatable bonds is 7. The van der Waals surface area contributed by atoms with E-state index in [4.69, 9.17) is 4.74 Å². The predicted molar refractivity (Wildman–Crippen MR) is 143 cm³/mol. The number of esters is 1. The first-order chi connectivity index (χ1) is 17.9. The number of carbonyl (C=O) groups excluding carboxylic acids is 3. The van der Waals surface area contributed by atoms with Crippen molar-refractivity contribution in [3.8, 4) is 22.0 Å². The average Bonchev–Trinajstić information content (AvgIpc) is 3.58. The molecule has 0 aliphatic carbocycles. The molecule has 0 unspecified atom stereocenters. The largest absolute Gasteiger partial charge is 0.459 e. The number of anilines is 1. The summed E-state index contributed by atoms with van der Waals surface area (Å²) in [4.78, 5) is 47.5. The Hall–Kier alpha value is -4.19. The maximum absolute atomic E-state index is 13.1. The summed E-state index contributed by atoms with van der Waals surface area (Å²) in [5, 5.41) is 13.5. The van der Waals surface area contributed by atoms with Crippen LogP contribution in [0, 0.1) is 11.8 Å². The molecule has 4 heterocycles. The summed E-state index contributed by atoms with van der Waals surface area (Å²) in [6, 6.07) is 5.46. The van der Waals surface area contributed by atoms with Gasteiger partial charge >= 0.3 is 5.97 Å². The highest BCUT2D eigenvalue weighted by atomic mass is 32.1. The number of pyridine rings is 1. The standard InChI is InChI=1S/C26H29N7O4S/c1-15(2)20(25(36)37-26(3,4)5)24(35)33-12-16(11-28-33)23-30-19(14-38-23)22(34)29-18-13-32(6)31-21(18)17-9-7-8-10-27-17/h7-15,20H,1-6H3,(H,29,34)/t20-/m0/s1. The summed E-state index contributed by atoms with van der Waals surface area (Å²) in [5.74, 6) is -2.79. The van der Waals surface area contributed by atoms with Gasteiger partial charge in [0.1, 0.15) is 27.9 Å². The Labute approximate surface area is 223 Å². The third-order valence-electron chi connectivity index (χ3n) is 5.37. The Kier molecular flexibility index (Phi) is 7.53. The molecule has 0 aliphatic heterocycles. The summed E-state index contributed by atoms with van der Waals surface area (Å²) in [5.41, 5.74) is 1.71. The number of hydrogen-bond acceptors (Lipinski definition) is 9. The van der Waals surface area contributed by atoms with Crippen molar-refractivity contribution in [3.63, 3.8) is 0 Å². The number of nitrogens with one attached hydrogen (secondary N) is 1. The molecule has 0 aromatic carbocycles. The lowest BCUT2D eigenvalue weighted by atomic mass is 9.95. The second-order valence-electron chi connectivity index (χ2n) is 10.0. The van der Waals surface area contributed by atoms with E-state index >= 15 is 0 Å². The van der Waals surface area contributed by atoms with Crippen LogP contribution in [-0.2, 0) is 16.6 Å². The van der Waals surface area contributed by atoms with Gasteiger partial charge in [0, 0.05) is 36.6 Å². The highest BCUT2D eigenvalue weighted by Crippen LogP contribution is 2.27. The Balaban J connectivity index is 1.51. The minimum absolute atomic E-state index is 0.203. The Morgan fingerprint density at radius 3 is 2.55 bits per heavy atom. The minimum Gasteiger partial charge on any atom is -0.459 e. The second kappa shape index (κ2) is 10.7. The molecule has 12 heteroatoms. The number of aryl methyl sites for hydroxylation is 1. The van der Waals surface area contributed by atoms with Gasteiger partial charge in [-0.05, 0) is 38.8 Å². The van der Waals surface area contributed by atoms with E-state index in [1.807, 2.05) is 12.1 Å². The average molecular weight is 536 g/mol. The van der Waals surface area contributed by atoms with Gasteiger partial charge in [0.2, 0.25) is 0 Å². The van der Waals surface area contributed by atoms with Crippen LogP contribution in [0.5, 0.6) is 0 Å². The van der Waals surface area contributed by atoms with E-state index in [-0.39, 0.29) is 11.6 Å². The summed E-state index contributed by atoms with van der Waals surface area (Å²) < 4.78 is 8.17. The molecule has 0 saturated heterocycles. The fraction of sp³-hybridized carbons (Fsp3) is 0.346. The molecular formula is C26H29N7O4S. The van der Waals surface area contributed by atoms with Crippen LogP contribution < -0.4 is 5.32 Å². The lowest BCUT2D eigenvalue weighted by Gasteiger charge is -2.24. The maximum Gasteiger partial charge on any atom is 0.319 e. The molecule has 0 aliphatic rings. The van der Waals surface area contributed by atoms with Crippen LogP contribution in [0.25, 0.3) is 22.0 Å². The van der Waals surface area contributed by atoms with E-state index < -0.39 is 29.3 Å². The third-order valence-corrected chi connectivity index (χ3v) is 6.26. The van der Waals surface area contributed by atoms with E-state index in [9.17, 15) is 14.4 Å². The first-order valence-corrected chi connectivity index (χ1v) is 12.8. The van der Waals surface area contributed by atoms with Crippen LogP contribution in [0.3, 0.4) is 0 Å². The summed E-state index contributed by atoms with van der Waals surface area (Å²) >= 11 is 1.24. The lowest BCUT2D eigenvalue weighted by molar-refractivity contribution is -0.159. The number of nitrogens with zero attached hydrogens (tertiary/aromatic N) is 6. The number of carbonyl (C=O) groups is 3. The molecule has 38 heavy (non-hydrogen) atoms. The van der Waals surface area contributed by atoms with Gasteiger partial charge < -0.3 is 10.1 Å². The highest BCUT2D eigenvalue weighted by Gasteiger charge is 2.35. The number of hydrogen-bond donors (Lipinski definition) is 1. The number of thiazole rings is 1. The van der Waals surface area contributed by atoms with Crippen molar-refractivity contribution in [2.75, 3.05) is 5.32 Å².